The maximum atomic E-state index is 13.2. The number of benzene rings is 2. The van der Waals surface area contributed by atoms with Gasteiger partial charge in [0.2, 0.25) is 5.91 Å². The van der Waals surface area contributed by atoms with Gasteiger partial charge in [0.25, 0.3) is 0 Å². The SMILES string of the molecule is COc1ccccc1OCCNC(=O)C1(c2ccc(F)cc2)CCCC1. The molecule has 0 heterocycles. The van der Waals surface area contributed by atoms with E-state index in [-0.39, 0.29) is 11.7 Å². The summed E-state index contributed by atoms with van der Waals surface area (Å²) in [4.78, 5) is 12.9. The van der Waals surface area contributed by atoms with Crippen molar-refractivity contribution in [1.82, 2.24) is 5.32 Å². The summed E-state index contributed by atoms with van der Waals surface area (Å²) in [5.41, 5.74) is 0.331. The van der Waals surface area contributed by atoms with Crippen LogP contribution in [0.3, 0.4) is 0 Å². The van der Waals surface area contributed by atoms with Crippen LogP contribution in [0.15, 0.2) is 48.5 Å². The van der Waals surface area contributed by atoms with E-state index in [1.807, 2.05) is 24.3 Å². The molecule has 0 radical (unpaired) electrons. The van der Waals surface area contributed by atoms with Crippen LogP contribution in [0.25, 0.3) is 0 Å². The van der Waals surface area contributed by atoms with E-state index in [1.165, 1.54) is 12.1 Å². The number of nitrogens with one attached hydrogen (secondary N) is 1. The molecule has 1 saturated carbocycles. The molecule has 138 valence electrons. The van der Waals surface area contributed by atoms with Crippen molar-refractivity contribution in [3.63, 3.8) is 0 Å². The highest BCUT2D eigenvalue weighted by Gasteiger charge is 2.42. The molecular formula is C21H24FNO3. The van der Waals surface area contributed by atoms with Gasteiger partial charge in [-0.15, -0.1) is 0 Å². The van der Waals surface area contributed by atoms with Gasteiger partial charge in [0.15, 0.2) is 11.5 Å². The Morgan fingerprint density at radius 2 is 1.73 bits per heavy atom. The molecule has 0 aromatic heterocycles. The Morgan fingerprint density at radius 1 is 1.08 bits per heavy atom. The molecule has 1 aliphatic rings. The molecule has 0 spiro atoms. The van der Waals surface area contributed by atoms with Gasteiger partial charge in [-0.25, -0.2) is 4.39 Å². The molecule has 1 amide bonds. The Kier molecular flexibility index (Phi) is 5.76. The average Bonchev–Trinajstić information content (AvgIpc) is 3.17. The Balaban J connectivity index is 1.60. The number of amides is 1. The number of rotatable bonds is 7. The predicted octanol–water partition coefficient (Wildman–Crippen LogP) is 3.84. The first-order valence-electron chi connectivity index (χ1n) is 8.96. The molecule has 26 heavy (non-hydrogen) atoms. The molecule has 0 atom stereocenters. The Bertz CT molecular complexity index is 739. The van der Waals surface area contributed by atoms with Crippen LogP contribution in [0, 0.1) is 5.82 Å². The molecule has 1 N–H and O–H groups in total. The first kappa shape index (κ1) is 18.2. The van der Waals surface area contributed by atoms with Crippen molar-refractivity contribution < 1.29 is 18.7 Å². The molecule has 2 aromatic carbocycles. The fourth-order valence-corrected chi connectivity index (χ4v) is 3.63. The number of hydrogen-bond donors (Lipinski definition) is 1. The smallest absolute Gasteiger partial charge is 0.230 e. The van der Waals surface area contributed by atoms with Crippen molar-refractivity contribution in [2.24, 2.45) is 0 Å². The van der Waals surface area contributed by atoms with Gasteiger partial charge in [-0.1, -0.05) is 37.1 Å². The number of para-hydroxylation sites is 2. The molecular weight excluding hydrogens is 333 g/mol. The fraction of sp³-hybridized carbons (Fsp3) is 0.381. The van der Waals surface area contributed by atoms with Gasteiger partial charge in [-0.05, 0) is 42.7 Å². The van der Waals surface area contributed by atoms with Crippen LogP contribution in [0.4, 0.5) is 4.39 Å². The van der Waals surface area contributed by atoms with E-state index in [9.17, 15) is 9.18 Å². The molecule has 1 aliphatic carbocycles. The Hall–Kier alpha value is -2.56. The quantitative estimate of drug-likeness (QED) is 0.766. The van der Waals surface area contributed by atoms with E-state index in [4.69, 9.17) is 9.47 Å². The van der Waals surface area contributed by atoms with E-state index in [1.54, 1.807) is 19.2 Å². The summed E-state index contributed by atoms with van der Waals surface area (Å²) < 4.78 is 24.2. The largest absolute Gasteiger partial charge is 0.493 e. The molecule has 5 heteroatoms. The molecule has 1 fully saturated rings. The van der Waals surface area contributed by atoms with Crippen LogP contribution in [0.5, 0.6) is 11.5 Å². The summed E-state index contributed by atoms with van der Waals surface area (Å²) >= 11 is 0. The number of ether oxygens (including phenoxy) is 2. The van der Waals surface area contributed by atoms with Gasteiger partial charge in [-0.3, -0.25) is 4.79 Å². The maximum absolute atomic E-state index is 13.2. The highest BCUT2D eigenvalue weighted by molar-refractivity contribution is 5.88. The summed E-state index contributed by atoms with van der Waals surface area (Å²) in [6.45, 7) is 0.755. The van der Waals surface area contributed by atoms with E-state index in [0.717, 1.165) is 31.2 Å². The molecule has 0 aliphatic heterocycles. The van der Waals surface area contributed by atoms with E-state index >= 15 is 0 Å². The fourth-order valence-electron chi connectivity index (χ4n) is 3.63. The molecule has 0 unspecified atom stereocenters. The van der Waals surface area contributed by atoms with Crippen molar-refractivity contribution >= 4 is 5.91 Å². The second-order valence-electron chi connectivity index (χ2n) is 6.55. The minimum Gasteiger partial charge on any atom is -0.493 e. The number of carbonyl (C=O) groups excluding carboxylic acids is 1. The van der Waals surface area contributed by atoms with Crippen LogP contribution in [-0.4, -0.2) is 26.2 Å². The zero-order valence-corrected chi connectivity index (χ0v) is 15.0. The first-order valence-corrected chi connectivity index (χ1v) is 8.96. The van der Waals surface area contributed by atoms with Gasteiger partial charge >= 0.3 is 0 Å². The van der Waals surface area contributed by atoms with Crippen molar-refractivity contribution in [2.75, 3.05) is 20.3 Å². The second-order valence-corrected chi connectivity index (χ2v) is 6.55. The van der Waals surface area contributed by atoms with E-state index in [2.05, 4.69) is 5.32 Å². The summed E-state index contributed by atoms with van der Waals surface area (Å²) in [5, 5.41) is 2.99. The monoisotopic (exact) mass is 357 g/mol. The van der Waals surface area contributed by atoms with Crippen LogP contribution in [0.1, 0.15) is 31.2 Å². The third-order valence-electron chi connectivity index (χ3n) is 5.00. The topological polar surface area (TPSA) is 47.6 Å². The van der Waals surface area contributed by atoms with E-state index < -0.39 is 5.41 Å². The first-order chi connectivity index (χ1) is 12.7. The van der Waals surface area contributed by atoms with Gasteiger partial charge in [-0.2, -0.15) is 0 Å². The Labute approximate surface area is 153 Å². The van der Waals surface area contributed by atoms with Crippen LogP contribution in [0.2, 0.25) is 0 Å². The van der Waals surface area contributed by atoms with Gasteiger partial charge in [0.05, 0.1) is 19.1 Å². The highest BCUT2D eigenvalue weighted by atomic mass is 19.1. The van der Waals surface area contributed by atoms with Crippen molar-refractivity contribution in [3.05, 3.63) is 59.9 Å². The van der Waals surface area contributed by atoms with Crippen LogP contribution in [-0.2, 0) is 10.2 Å². The molecule has 2 aromatic rings. The molecule has 4 nitrogen and oxygen atoms in total. The summed E-state index contributed by atoms with van der Waals surface area (Å²) in [6, 6.07) is 13.7. The number of carbonyl (C=O) groups is 1. The highest BCUT2D eigenvalue weighted by Crippen LogP contribution is 2.41. The lowest BCUT2D eigenvalue weighted by molar-refractivity contribution is -0.126. The molecule has 0 bridgehead atoms. The lowest BCUT2D eigenvalue weighted by atomic mass is 9.78. The minimum absolute atomic E-state index is 0.00904. The molecule has 0 saturated heterocycles. The zero-order chi connectivity index (χ0) is 18.4. The lowest BCUT2D eigenvalue weighted by Gasteiger charge is -2.28. The van der Waals surface area contributed by atoms with Gasteiger partial charge < -0.3 is 14.8 Å². The minimum atomic E-state index is -0.557. The van der Waals surface area contributed by atoms with Crippen LogP contribution < -0.4 is 14.8 Å². The summed E-state index contributed by atoms with van der Waals surface area (Å²) in [6.07, 6.45) is 3.58. The normalized spacial score (nSPS) is 15.5. The standard InChI is InChI=1S/C21H24FNO3/c1-25-18-6-2-3-7-19(18)26-15-14-23-20(24)21(12-4-5-13-21)16-8-10-17(22)11-9-16/h2-3,6-11H,4-5,12-15H2,1H3,(H,23,24). The third-order valence-corrected chi connectivity index (χ3v) is 5.00. The number of hydrogen-bond acceptors (Lipinski definition) is 3. The summed E-state index contributed by atoms with van der Waals surface area (Å²) in [7, 11) is 1.59. The summed E-state index contributed by atoms with van der Waals surface area (Å²) in [5.74, 6) is 1.02. The van der Waals surface area contributed by atoms with Crippen molar-refractivity contribution in [3.8, 4) is 11.5 Å². The Morgan fingerprint density at radius 3 is 2.38 bits per heavy atom. The van der Waals surface area contributed by atoms with Crippen molar-refractivity contribution in [2.45, 2.75) is 31.1 Å². The van der Waals surface area contributed by atoms with Gasteiger partial charge in [0, 0.05) is 0 Å². The third kappa shape index (κ3) is 3.82. The number of methoxy groups -OCH3 is 1. The maximum Gasteiger partial charge on any atom is 0.230 e. The predicted molar refractivity (Wildman–Crippen MR) is 98.0 cm³/mol. The molecule has 3 rings (SSSR count). The average molecular weight is 357 g/mol. The number of halogens is 1. The van der Waals surface area contributed by atoms with Crippen molar-refractivity contribution in [1.29, 1.82) is 0 Å². The van der Waals surface area contributed by atoms with Crippen LogP contribution >= 0.6 is 0 Å². The van der Waals surface area contributed by atoms with Gasteiger partial charge in [0.1, 0.15) is 12.4 Å². The van der Waals surface area contributed by atoms with E-state index in [0.29, 0.717) is 24.7 Å². The second kappa shape index (κ2) is 8.21. The zero-order valence-electron chi connectivity index (χ0n) is 15.0. The lowest BCUT2D eigenvalue weighted by Crippen LogP contribution is -2.44.